The molecule has 0 N–H and O–H groups in total. The molecule has 5 rings (SSSR count). The van der Waals surface area contributed by atoms with Gasteiger partial charge < -0.3 is 9.80 Å². The second kappa shape index (κ2) is 14.4. The van der Waals surface area contributed by atoms with Crippen LogP contribution in [0.15, 0.2) is 20.2 Å². The second-order valence-electron chi connectivity index (χ2n) is 10.4. The molecule has 0 spiro atoms. The van der Waals surface area contributed by atoms with E-state index in [1.165, 1.54) is 22.7 Å². The van der Waals surface area contributed by atoms with Crippen LogP contribution >= 0.6 is 46.2 Å². The van der Waals surface area contributed by atoms with Crippen LogP contribution in [0.1, 0.15) is 76.2 Å². The van der Waals surface area contributed by atoms with Gasteiger partial charge in [-0.25, -0.2) is 10.0 Å². The van der Waals surface area contributed by atoms with Crippen molar-refractivity contribution in [3.05, 3.63) is 10.0 Å². The van der Waals surface area contributed by atoms with Crippen LogP contribution in [0, 0.1) is 13.8 Å². The molecule has 5 heterocycles. The average molecular weight is 649 g/mol. The summed E-state index contributed by atoms with van der Waals surface area (Å²) in [6.07, 6.45) is 6.70. The van der Waals surface area contributed by atoms with E-state index in [1.54, 1.807) is 0 Å². The van der Waals surface area contributed by atoms with E-state index >= 15 is 0 Å². The summed E-state index contributed by atoms with van der Waals surface area (Å²) >= 11 is 6.67. The number of thioether (sulfide) groups is 2. The Morgan fingerprint density at radius 3 is 1.40 bits per heavy atom. The van der Waals surface area contributed by atoms with Crippen LogP contribution < -0.4 is 0 Å². The van der Waals surface area contributed by atoms with Gasteiger partial charge in [-0.05, 0) is 40.5 Å². The minimum absolute atomic E-state index is 0.228. The van der Waals surface area contributed by atoms with E-state index in [4.69, 9.17) is 20.2 Å². The summed E-state index contributed by atoms with van der Waals surface area (Å²) in [5.41, 5.74) is 0. The first-order chi connectivity index (χ1) is 20.3. The number of aryl methyl sites for hydroxylation is 2. The Bertz CT molecular complexity index is 1230. The highest BCUT2D eigenvalue weighted by atomic mass is 32.2. The number of piperazine rings is 1. The zero-order valence-electron chi connectivity index (χ0n) is 25.2. The van der Waals surface area contributed by atoms with Crippen molar-refractivity contribution in [3.8, 4) is 0 Å². The summed E-state index contributed by atoms with van der Waals surface area (Å²) in [5.74, 6) is 1.70. The minimum atomic E-state index is 0.228. The number of nitrogens with zero attached hydrogens (tertiary/aromatic N) is 12. The summed E-state index contributed by atoms with van der Waals surface area (Å²) in [6.45, 7) is 15.6. The van der Waals surface area contributed by atoms with Crippen molar-refractivity contribution in [2.24, 2.45) is 20.2 Å². The lowest BCUT2D eigenvalue weighted by Gasteiger charge is -2.41. The highest BCUT2D eigenvalue weighted by Crippen LogP contribution is 2.34. The highest BCUT2D eigenvalue weighted by Gasteiger charge is 2.37. The van der Waals surface area contributed by atoms with Gasteiger partial charge in [0.25, 0.3) is 0 Å². The Morgan fingerprint density at radius 1 is 0.667 bits per heavy atom. The quantitative estimate of drug-likeness (QED) is 0.246. The summed E-state index contributed by atoms with van der Waals surface area (Å²) in [5, 5.41) is 36.9. The lowest BCUT2D eigenvalue weighted by Crippen LogP contribution is -2.57. The number of guanidine groups is 2. The topological polar surface area (TPSA) is 114 Å². The monoisotopic (exact) mass is 648 g/mol. The molecule has 1 fully saturated rings. The number of hydrogen-bond donors (Lipinski definition) is 0. The van der Waals surface area contributed by atoms with Crippen molar-refractivity contribution >= 4 is 78.5 Å². The Hall–Kier alpha value is -2.30. The number of rotatable bonds is 8. The predicted octanol–water partition coefficient (Wildman–Crippen LogP) is 6.10. The molecule has 2 atom stereocenters. The zero-order chi connectivity index (χ0) is 29.6. The normalized spacial score (nSPS) is 22.0. The fourth-order valence-corrected chi connectivity index (χ4v) is 8.13. The molecule has 2 aromatic heterocycles. The van der Waals surface area contributed by atoms with Crippen LogP contribution in [0.3, 0.4) is 0 Å². The average Bonchev–Trinajstić information content (AvgIpc) is 3.76. The first-order valence-electron chi connectivity index (χ1n) is 14.6. The Kier molecular flexibility index (Phi) is 10.7. The molecule has 0 aliphatic carbocycles. The Balaban J connectivity index is 1.40. The van der Waals surface area contributed by atoms with Gasteiger partial charge in [-0.3, -0.25) is 0 Å². The Labute approximate surface area is 264 Å². The Morgan fingerprint density at radius 2 is 1.07 bits per heavy atom. The van der Waals surface area contributed by atoms with Crippen LogP contribution in [0.2, 0.25) is 0 Å². The van der Waals surface area contributed by atoms with Crippen LogP contribution in [0.25, 0.3) is 0 Å². The van der Waals surface area contributed by atoms with Gasteiger partial charge in [0.15, 0.2) is 0 Å². The molecule has 3 aliphatic rings. The van der Waals surface area contributed by atoms with Gasteiger partial charge in [0, 0.05) is 26.2 Å². The molecule has 42 heavy (non-hydrogen) atoms. The summed E-state index contributed by atoms with van der Waals surface area (Å²) in [6, 6.07) is 0. The van der Waals surface area contributed by atoms with Crippen LogP contribution in [-0.4, -0.2) is 99.1 Å². The second-order valence-corrected chi connectivity index (χ2v) is 15.4. The lowest BCUT2D eigenvalue weighted by molar-refractivity contribution is 0.206. The van der Waals surface area contributed by atoms with Gasteiger partial charge in [0.1, 0.15) is 20.8 Å². The van der Waals surface area contributed by atoms with E-state index in [0.717, 1.165) is 96.7 Å². The standard InChI is InChI=1S/C26H40N12S4/c1-7-9-11-21-37(33-19(5)39-21)25(27-23-31-29-17(3)41-23)35-13-15-36(16-14-35)26(28-24-32-30-18(4)42-24)38-22(12-10-8-2)40-20(6)34-38/h21-22H,7-16H2,1-6H3/b27-25-,28-26-. The molecular formula is C26H40N12S4. The number of aromatic nitrogens is 4. The SMILES string of the molecule is CCCCC1SC(C)=NN1/C(=N\c1nnc(C)s1)N1CCN(/C(=N/c2nnc(C)s2)N2N=C(C)SC2CCCC)CC1. The molecule has 1 saturated heterocycles. The molecule has 0 saturated carbocycles. The first-order valence-corrected chi connectivity index (χ1v) is 18.0. The third kappa shape index (κ3) is 7.61. The molecular weight excluding hydrogens is 609 g/mol. The van der Waals surface area contributed by atoms with Crippen LogP contribution in [0.4, 0.5) is 10.3 Å². The predicted molar refractivity (Wildman–Crippen MR) is 178 cm³/mol. The van der Waals surface area contributed by atoms with Gasteiger partial charge >= 0.3 is 0 Å². The number of unbranched alkanes of at least 4 members (excludes halogenated alkanes) is 2. The molecule has 228 valence electrons. The molecule has 3 aliphatic heterocycles. The number of aliphatic imine (C=N–C) groups is 2. The largest absolute Gasteiger partial charge is 0.337 e. The number of hydrogen-bond acceptors (Lipinski definition) is 12. The third-order valence-corrected chi connectivity index (χ3v) is 10.7. The van der Waals surface area contributed by atoms with Crippen LogP contribution in [0.5, 0.6) is 0 Å². The van der Waals surface area contributed by atoms with Gasteiger partial charge in [-0.15, -0.1) is 20.4 Å². The van der Waals surface area contributed by atoms with E-state index in [9.17, 15) is 0 Å². The van der Waals surface area contributed by atoms with Crippen molar-refractivity contribution < 1.29 is 0 Å². The van der Waals surface area contributed by atoms with Crippen molar-refractivity contribution in [1.82, 2.24) is 40.2 Å². The van der Waals surface area contributed by atoms with Gasteiger partial charge in [0.2, 0.25) is 22.2 Å². The van der Waals surface area contributed by atoms with Crippen molar-refractivity contribution in [3.63, 3.8) is 0 Å². The summed E-state index contributed by atoms with van der Waals surface area (Å²) < 4.78 is 0. The maximum absolute atomic E-state index is 5.04. The van der Waals surface area contributed by atoms with Gasteiger partial charge in [-0.1, -0.05) is 85.7 Å². The molecule has 0 amide bonds. The molecule has 12 nitrogen and oxygen atoms in total. The molecule has 0 radical (unpaired) electrons. The van der Waals surface area contributed by atoms with E-state index in [1.807, 2.05) is 37.4 Å². The first kappa shape index (κ1) is 31.1. The maximum atomic E-state index is 5.04. The number of hydrazone groups is 2. The zero-order valence-corrected chi connectivity index (χ0v) is 28.5. The van der Waals surface area contributed by atoms with Crippen molar-refractivity contribution in [1.29, 1.82) is 0 Å². The smallest absolute Gasteiger partial charge is 0.234 e. The molecule has 2 unspecified atom stereocenters. The fraction of sp³-hybridized carbons (Fsp3) is 0.692. The van der Waals surface area contributed by atoms with Crippen molar-refractivity contribution in [2.45, 2.75) is 90.8 Å². The van der Waals surface area contributed by atoms with E-state index in [2.05, 4.69) is 67.9 Å². The maximum Gasteiger partial charge on any atom is 0.234 e. The molecule has 2 aromatic rings. The van der Waals surface area contributed by atoms with E-state index in [0.29, 0.717) is 10.3 Å². The molecule has 16 heteroatoms. The van der Waals surface area contributed by atoms with E-state index < -0.39 is 0 Å². The van der Waals surface area contributed by atoms with Crippen molar-refractivity contribution in [2.75, 3.05) is 26.2 Å². The summed E-state index contributed by atoms with van der Waals surface area (Å²) in [7, 11) is 0. The fourth-order valence-electron chi connectivity index (χ4n) is 4.91. The minimum Gasteiger partial charge on any atom is -0.337 e. The molecule has 0 aromatic carbocycles. The third-order valence-electron chi connectivity index (χ3n) is 6.94. The highest BCUT2D eigenvalue weighted by molar-refractivity contribution is 8.14. The summed E-state index contributed by atoms with van der Waals surface area (Å²) in [4.78, 5) is 14.8. The lowest BCUT2D eigenvalue weighted by atomic mass is 10.2. The van der Waals surface area contributed by atoms with Gasteiger partial charge in [-0.2, -0.15) is 20.2 Å². The van der Waals surface area contributed by atoms with Crippen LogP contribution in [-0.2, 0) is 0 Å². The van der Waals surface area contributed by atoms with Gasteiger partial charge in [0.05, 0.1) is 10.1 Å². The molecule has 0 bridgehead atoms. The van der Waals surface area contributed by atoms with E-state index in [-0.39, 0.29) is 10.7 Å².